The predicted octanol–water partition coefficient (Wildman–Crippen LogP) is 2.03. The van der Waals surface area contributed by atoms with Crippen LogP contribution in [-0.4, -0.2) is 65.2 Å². The van der Waals surface area contributed by atoms with Crippen LogP contribution in [0.15, 0.2) is 16.7 Å². The molecule has 27 heavy (non-hydrogen) atoms. The molecule has 8 heteroatoms. The summed E-state index contributed by atoms with van der Waals surface area (Å²) in [6.07, 6.45) is 3.69. The number of anilines is 2. The second-order valence-corrected chi connectivity index (χ2v) is 7.32. The number of amides is 1. The fraction of sp³-hybridized carbons (Fsp3) is 0.579. The monoisotopic (exact) mass is 370 g/mol. The number of rotatable bonds is 3. The van der Waals surface area contributed by atoms with Crippen LogP contribution in [0.25, 0.3) is 0 Å². The Morgan fingerprint density at radius 1 is 0.926 bits per heavy atom. The average molecular weight is 370 g/mol. The lowest BCUT2D eigenvalue weighted by Crippen LogP contribution is -2.49. The molecule has 0 bridgehead atoms. The summed E-state index contributed by atoms with van der Waals surface area (Å²) in [5.74, 6) is 2.37. The van der Waals surface area contributed by atoms with Crippen LogP contribution in [0.2, 0.25) is 0 Å². The molecule has 0 aromatic carbocycles. The Morgan fingerprint density at radius 3 is 2.33 bits per heavy atom. The van der Waals surface area contributed by atoms with Crippen LogP contribution in [0, 0.1) is 13.8 Å². The molecule has 4 rings (SSSR count). The van der Waals surface area contributed by atoms with Gasteiger partial charge in [-0.2, -0.15) is 4.98 Å². The number of aromatic nitrogens is 3. The number of piperazine rings is 1. The fourth-order valence-electron chi connectivity index (χ4n) is 3.70. The van der Waals surface area contributed by atoms with Crippen molar-refractivity contribution in [3.05, 3.63) is 29.3 Å². The van der Waals surface area contributed by atoms with E-state index in [0.717, 1.165) is 43.6 Å². The van der Waals surface area contributed by atoms with E-state index in [1.807, 2.05) is 17.9 Å². The van der Waals surface area contributed by atoms with Crippen LogP contribution < -0.4 is 9.80 Å². The minimum Gasteiger partial charge on any atom is -0.361 e. The minimum atomic E-state index is -0.0700. The standard InChI is InChI=1S/C19H26N6O2/c1-14-12-17(21-19(20-14)25-6-4-3-5-7-25)23-8-10-24(11-9-23)18(26)16-13-15(2)27-22-16/h12-13H,3-11H2,1-2H3. The van der Waals surface area contributed by atoms with E-state index in [4.69, 9.17) is 9.51 Å². The summed E-state index contributed by atoms with van der Waals surface area (Å²) in [6, 6.07) is 3.72. The Labute approximate surface area is 159 Å². The average Bonchev–Trinajstić information content (AvgIpc) is 3.14. The molecule has 0 atom stereocenters. The molecule has 8 nitrogen and oxygen atoms in total. The van der Waals surface area contributed by atoms with E-state index in [0.29, 0.717) is 24.5 Å². The Bertz CT molecular complexity index is 806. The lowest BCUT2D eigenvalue weighted by molar-refractivity contribution is 0.0736. The second-order valence-electron chi connectivity index (χ2n) is 7.32. The molecule has 0 radical (unpaired) electrons. The molecular formula is C19H26N6O2. The third-order valence-electron chi connectivity index (χ3n) is 5.21. The Morgan fingerprint density at radius 2 is 1.67 bits per heavy atom. The molecule has 2 saturated heterocycles. The maximum Gasteiger partial charge on any atom is 0.276 e. The van der Waals surface area contributed by atoms with Crippen LogP contribution in [0.4, 0.5) is 11.8 Å². The number of aryl methyl sites for hydroxylation is 2. The first-order valence-electron chi connectivity index (χ1n) is 9.68. The molecule has 2 fully saturated rings. The summed E-state index contributed by atoms with van der Waals surface area (Å²) in [5, 5.41) is 3.84. The van der Waals surface area contributed by atoms with E-state index in [1.54, 1.807) is 13.0 Å². The topological polar surface area (TPSA) is 78.6 Å². The molecule has 0 spiro atoms. The molecule has 4 heterocycles. The maximum absolute atomic E-state index is 12.5. The number of carbonyl (C=O) groups is 1. The normalized spacial score (nSPS) is 18.1. The minimum absolute atomic E-state index is 0.0700. The zero-order valence-electron chi connectivity index (χ0n) is 16.0. The van der Waals surface area contributed by atoms with Gasteiger partial charge < -0.3 is 19.2 Å². The predicted molar refractivity (Wildman–Crippen MR) is 102 cm³/mol. The van der Waals surface area contributed by atoms with E-state index in [2.05, 4.69) is 19.9 Å². The number of piperidine rings is 1. The van der Waals surface area contributed by atoms with Crippen molar-refractivity contribution < 1.29 is 9.32 Å². The lowest BCUT2D eigenvalue weighted by atomic mass is 10.1. The highest BCUT2D eigenvalue weighted by Gasteiger charge is 2.25. The highest BCUT2D eigenvalue weighted by molar-refractivity contribution is 5.92. The van der Waals surface area contributed by atoms with Gasteiger partial charge in [-0.1, -0.05) is 5.16 Å². The Kier molecular flexibility index (Phi) is 4.96. The van der Waals surface area contributed by atoms with Crippen molar-refractivity contribution in [1.82, 2.24) is 20.0 Å². The zero-order chi connectivity index (χ0) is 18.8. The first-order valence-corrected chi connectivity index (χ1v) is 9.68. The van der Waals surface area contributed by atoms with Gasteiger partial charge in [0.2, 0.25) is 5.95 Å². The summed E-state index contributed by atoms with van der Waals surface area (Å²) >= 11 is 0. The first-order chi connectivity index (χ1) is 13.1. The van der Waals surface area contributed by atoms with Crippen LogP contribution in [0.1, 0.15) is 41.2 Å². The molecule has 0 saturated carbocycles. The van der Waals surface area contributed by atoms with Crippen molar-refractivity contribution in [3.8, 4) is 0 Å². The Balaban J connectivity index is 1.43. The largest absolute Gasteiger partial charge is 0.361 e. The van der Waals surface area contributed by atoms with Crippen molar-refractivity contribution >= 4 is 17.7 Å². The maximum atomic E-state index is 12.5. The van der Waals surface area contributed by atoms with E-state index in [9.17, 15) is 4.79 Å². The summed E-state index contributed by atoms with van der Waals surface area (Å²) in [5.41, 5.74) is 1.36. The molecule has 2 aromatic heterocycles. The van der Waals surface area contributed by atoms with Crippen molar-refractivity contribution in [1.29, 1.82) is 0 Å². The van der Waals surface area contributed by atoms with Gasteiger partial charge in [-0.3, -0.25) is 4.79 Å². The summed E-state index contributed by atoms with van der Waals surface area (Å²) in [4.78, 5) is 28.3. The second kappa shape index (κ2) is 7.54. The quantitative estimate of drug-likeness (QED) is 0.818. The van der Waals surface area contributed by atoms with Gasteiger partial charge in [-0.05, 0) is 33.1 Å². The third kappa shape index (κ3) is 3.89. The third-order valence-corrected chi connectivity index (χ3v) is 5.21. The highest BCUT2D eigenvalue weighted by atomic mass is 16.5. The van der Waals surface area contributed by atoms with Gasteiger partial charge in [0.1, 0.15) is 11.6 Å². The fourth-order valence-corrected chi connectivity index (χ4v) is 3.70. The summed E-state index contributed by atoms with van der Waals surface area (Å²) in [6.45, 7) is 8.66. The van der Waals surface area contributed by atoms with Crippen molar-refractivity contribution in [2.75, 3.05) is 49.1 Å². The zero-order valence-corrected chi connectivity index (χ0v) is 16.0. The number of nitrogens with zero attached hydrogens (tertiary/aromatic N) is 6. The number of hydrogen-bond donors (Lipinski definition) is 0. The van der Waals surface area contributed by atoms with Crippen molar-refractivity contribution in [2.45, 2.75) is 33.1 Å². The lowest BCUT2D eigenvalue weighted by Gasteiger charge is -2.35. The van der Waals surface area contributed by atoms with Crippen LogP contribution >= 0.6 is 0 Å². The van der Waals surface area contributed by atoms with Crippen LogP contribution in [0.5, 0.6) is 0 Å². The number of hydrogen-bond acceptors (Lipinski definition) is 7. The van der Waals surface area contributed by atoms with E-state index >= 15 is 0 Å². The molecule has 1 amide bonds. The molecule has 2 aliphatic heterocycles. The first kappa shape index (κ1) is 17.8. The van der Waals surface area contributed by atoms with Gasteiger partial charge in [-0.15, -0.1) is 0 Å². The SMILES string of the molecule is Cc1cc(N2CCN(C(=O)c3cc(C)on3)CC2)nc(N2CCCCC2)n1. The molecular weight excluding hydrogens is 344 g/mol. The van der Waals surface area contributed by atoms with Gasteiger partial charge in [0, 0.05) is 57.1 Å². The van der Waals surface area contributed by atoms with Gasteiger partial charge >= 0.3 is 0 Å². The highest BCUT2D eigenvalue weighted by Crippen LogP contribution is 2.22. The molecule has 0 unspecified atom stereocenters. The molecule has 2 aliphatic rings. The molecule has 2 aromatic rings. The van der Waals surface area contributed by atoms with Crippen molar-refractivity contribution in [3.63, 3.8) is 0 Å². The molecule has 0 aliphatic carbocycles. The van der Waals surface area contributed by atoms with E-state index in [1.165, 1.54) is 19.3 Å². The smallest absolute Gasteiger partial charge is 0.276 e. The van der Waals surface area contributed by atoms with Gasteiger partial charge in [0.15, 0.2) is 5.69 Å². The summed E-state index contributed by atoms with van der Waals surface area (Å²) < 4.78 is 5.02. The summed E-state index contributed by atoms with van der Waals surface area (Å²) in [7, 11) is 0. The molecule has 144 valence electrons. The Hall–Kier alpha value is -2.64. The van der Waals surface area contributed by atoms with Gasteiger partial charge in [0.05, 0.1) is 0 Å². The number of carbonyl (C=O) groups excluding carboxylic acids is 1. The van der Waals surface area contributed by atoms with E-state index in [-0.39, 0.29) is 5.91 Å². The van der Waals surface area contributed by atoms with Gasteiger partial charge in [0.25, 0.3) is 5.91 Å². The van der Waals surface area contributed by atoms with E-state index < -0.39 is 0 Å². The van der Waals surface area contributed by atoms with Crippen LogP contribution in [-0.2, 0) is 0 Å². The van der Waals surface area contributed by atoms with Crippen molar-refractivity contribution in [2.24, 2.45) is 0 Å². The molecule has 0 N–H and O–H groups in total. The van der Waals surface area contributed by atoms with Crippen LogP contribution in [0.3, 0.4) is 0 Å². The van der Waals surface area contributed by atoms with Gasteiger partial charge in [-0.25, -0.2) is 4.98 Å².